The van der Waals surface area contributed by atoms with Crippen LogP contribution >= 0.6 is 23.2 Å². The van der Waals surface area contributed by atoms with Gasteiger partial charge < -0.3 is 9.67 Å². The zero-order valence-electron chi connectivity index (χ0n) is 9.67. The van der Waals surface area contributed by atoms with Crippen molar-refractivity contribution in [3.63, 3.8) is 0 Å². The Kier molecular flexibility index (Phi) is 3.48. The molecule has 0 aliphatic carbocycles. The Labute approximate surface area is 110 Å². The van der Waals surface area contributed by atoms with Gasteiger partial charge in [0.25, 0.3) is 0 Å². The van der Waals surface area contributed by atoms with E-state index in [4.69, 9.17) is 23.2 Å². The maximum Gasteiger partial charge on any atom is 0.0832 e. The van der Waals surface area contributed by atoms with Gasteiger partial charge in [-0.25, -0.2) is 0 Å². The van der Waals surface area contributed by atoms with E-state index in [1.54, 1.807) is 6.07 Å². The zero-order valence-corrected chi connectivity index (χ0v) is 11.2. The largest absolute Gasteiger partial charge is 0.392 e. The summed E-state index contributed by atoms with van der Waals surface area (Å²) in [6.07, 6.45) is 0. The predicted molar refractivity (Wildman–Crippen MR) is 71.2 cm³/mol. The van der Waals surface area contributed by atoms with Crippen molar-refractivity contribution in [3.8, 4) is 5.69 Å². The van der Waals surface area contributed by atoms with E-state index in [0.717, 1.165) is 22.6 Å². The average molecular weight is 270 g/mol. The topological polar surface area (TPSA) is 25.2 Å². The number of halogens is 2. The number of hydrogen-bond donors (Lipinski definition) is 1. The molecule has 90 valence electrons. The molecule has 0 radical (unpaired) electrons. The van der Waals surface area contributed by atoms with Crippen LogP contribution in [-0.2, 0) is 6.61 Å². The van der Waals surface area contributed by atoms with Crippen LogP contribution in [-0.4, -0.2) is 9.67 Å². The summed E-state index contributed by atoms with van der Waals surface area (Å²) in [7, 11) is 0. The minimum absolute atomic E-state index is 0.0257. The molecule has 17 heavy (non-hydrogen) atoms. The van der Waals surface area contributed by atoms with Crippen LogP contribution in [0.4, 0.5) is 0 Å². The lowest BCUT2D eigenvalue weighted by Gasteiger charge is -2.12. The molecule has 0 aliphatic heterocycles. The standard InChI is InChI=1S/C13H13Cl2NO/c1-8-6-10(7-17)9(2)16(8)12-5-3-4-11(14)13(12)15/h3-6,17H,7H2,1-2H3. The van der Waals surface area contributed by atoms with Gasteiger partial charge in [-0.05, 0) is 37.6 Å². The Bertz CT molecular complexity index is 561. The van der Waals surface area contributed by atoms with E-state index < -0.39 is 0 Å². The summed E-state index contributed by atoms with van der Waals surface area (Å²) in [5, 5.41) is 10.3. The monoisotopic (exact) mass is 269 g/mol. The smallest absolute Gasteiger partial charge is 0.0832 e. The molecular weight excluding hydrogens is 257 g/mol. The van der Waals surface area contributed by atoms with Gasteiger partial charge in [-0.15, -0.1) is 0 Å². The number of hydrogen-bond acceptors (Lipinski definition) is 1. The number of rotatable bonds is 2. The summed E-state index contributed by atoms with van der Waals surface area (Å²) in [4.78, 5) is 0. The van der Waals surface area contributed by atoms with Crippen molar-refractivity contribution in [2.24, 2.45) is 0 Å². The first kappa shape index (κ1) is 12.5. The van der Waals surface area contributed by atoms with Gasteiger partial charge in [-0.2, -0.15) is 0 Å². The number of nitrogens with zero attached hydrogens (tertiary/aromatic N) is 1. The molecule has 0 bridgehead atoms. The lowest BCUT2D eigenvalue weighted by molar-refractivity contribution is 0.281. The third kappa shape index (κ3) is 2.08. The number of aromatic nitrogens is 1. The number of aryl methyl sites for hydroxylation is 1. The molecule has 0 amide bonds. The van der Waals surface area contributed by atoms with Gasteiger partial charge in [0.15, 0.2) is 0 Å². The fourth-order valence-electron chi connectivity index (χ4n) is 2.03. The van der Waals surface area contributed by atoms with E-state index in [0.29, 0.717) is 10.0 Å². The van der Waals surface area contributed by atoms with Crippen molar-refractivity contribution in [2.75, 3.05) is 0 Å². The maximum atomic E-state index is 9.25. The molecule has 2 rings (SSSR count). The maximum absolute atomic E-state index is 9.25. The van der Waals surface area contributed by atoms with Crippen molar-refractivity contribution < 1.29 is 5.11 Å². The van der Waals surface area contributed by atoms with Crippen molar-refractivity contribution in [3.05, 3.63) is 51.3 Å². The van der Waals surface area contributed by atoms with Crippen LogP contribution in [0, 0.1) is 13.8 Å². The van der Waals surface area contributed by atoms with Gasteiger partial charge in [-0.3, -0.25) is 0 Å². The minimum Gasteiger partial charge on any atom is -0.392 e. The predicted octanol–water partition coefficient (Wildman–Crippen LogP) is 3.89. The van der Waals surface area contributed by atoms with Gasteiger partial charge in [-0.1, -0.05) is 29.3 Å². The van der Waals surface area contributed by atoms with Gasteiger partial charge in [0, 0.05) is 11.4 Å². The summed E-state index contributed by atoms with van der Waals surface area (Å²) >= 11 is 12.2. The van der Waals surface area contributed by atoms with Crippen molar-refractivity contribution >= 4 is 23.2 Å². The van der Waals surface area contributed by atoms with E-state index in [1.165, 1.54) is 0 Å². The van der Waals surface area contributed by atoms with Crippen molar-refractivity contribution in [2.45, 2.75) is 20.5 Å². The summed E-state index contributed by atoms with van der Waals surface area (Å²) in [5.74, 6) is 0. The first-order valence-electron chi connectivity index (χ1n) is 5.29. The van der Waals surface area contributed by atoms with Crippen LogP contribution in [0.2, 0.25) is 10.0 Å². The molecule has 1 heterocycles. The van der Waals surface area contributed by atoms with E-state index in [-0.39, 0.29) is 6.61 Å². The first-order valence-corrected chi connectivity index (χ1v) is 6.05. The first-order chi connectivity index (χ1) is 8.06. The molecule has 0 unspecified atom stereocenters. The molecule has 1 aromatic heterocycles. The zero-order chi connectivity index (χ0) is 12.6. The van der Waals surface area contributed by atoms with Crippen molar-refractivity contribution in [1.82, 2.24) is 4.57 Å². The molecule has 2 nitrogen and oxygen atoms in total. The summed E-state index contributed by atoms with van der Waals surface area (Å²) in [6, 6.07) is 7.48. The van der Waals surface area contributed by atoms with E-state index in [1.807, 2.05) is 36.6 Å². The second-order valence-electron chi connectivity index (χ2n) is 3.96. The van der Waals surface area contributed by atoms with Crippen LogP contribution in [0.15, 0.2) is 24.3 Å². The molecule has 0 saturated carbocycles. The summed E-state index contributed by atoms with van der Waals surface area (Å²) < 4.78 is 2.00. The SMILES string of the molecule is Cc1cc(CO)c(C)n1-c1cccc(Cl)c1Cl. The van der Waals surface area contributed by atoms with E-state index in [9.17, 15) is 5.11 Å². The van der Waals surface area contributed by atoms with E-state index >= 15 is 0 Å². The van der Waals surface area contributed by atoms with Gasteiger partial charge >= 0.3 is 0 Å². The summed E-state index contributed by atoms with van der Waals surface area (Å²) in [6.45, 7) is 3.96. The molecule has 0 fully saturated rings. The Balaban J connectivity index is 2.68. The van der Waals surface area contributed by atoms with Crippen LogP contribution in [0.5, 0.6) is 0 Å². The molecule has 0 spiro atoms. The third-order valence-electron chi connectivity index (χ3n) is 2.88. The number of benzene rings is 1. The third-order valence-corrected chi connectivity index (χ3v) is 3.69. The lowest BCUT2D eigenvalue weighted by atomic mass is 10.2. The Hall–Kier alpha value is -0.960. The van der Waals surface area contributed by atoms with Gasteiger partial charge in [0.2, 0.25) is 0 Å². The normalized spacial score (nSPS) is 10.9. The quantitative estimate of drug-likeness (QED) is 0.879. The highest BCUT2D eigenvalue weighted by atomic mass is 35.5. The highest BCUT2D eigenvalue weighted by Crippen LogP contribution is 2.31. The molecule has 1 N–H and O–H groups in total. The Morgan fingerprint density at radius 1 is 1.24 bits per heavy atom. The average Bonchev–Trinajstić information content (AvgIpc) is 2.58. The molecule has 1 aromatic carbocycles. The van der Waals surface area contributed by atoms with Crippen LogP contribution in [0.3, 0.4) is 0 Å². The molecular formula is C13H13Cl2NO. The van der Waals surface area contributed by atoms with Gasteiger partial charge in [0.05, 0.1) is 22.3 Å². The Morgan fingerprint density at radius 2 is 1.94 bits per heavy atom. The van der Waals surface area contributed by atoms with Gasteiger partial charge in [0.1, 0.15) is 0 Å². The number of aliphatic hydroxyl groups excluding tert-OH is 1. The second-order valence-corrected chi connectivity index (χ2v) is 4.75. The van der Waals surface area contributed by atoms with Crippen LogP contribution in [0.1, 0.15) is 17.0 Å². The molecule has 4 heteroatoms. The summed E-state index contributed by atoms with van der Waals surface area (Å²) in [5.41, 5.74) is 3.75. The fraction of sp³-hybridized carbons (Fsp3) is 0.231. The van der Waals surface area contributed by atoms with Crippen LogP contribution in [0.25, 0.3) is 5.69 Å². The lowest BCUT2D eigenvalue weighted by Crippen LogP contribution is -2.00. The van der Waals surface area contributed by atoms with Crippen LogP contribution < -0.4 is 0 Å². The van der Waals surface area contributed by atoms with Crippen molar-refractivity contribution in [1.29, 1.82) is 0 Å². The highest BCUT2D eigenvalue weighted by molar-refractivity contribution is 6.43. The number of aliphatic hydroxyl groups is 1. The molecule has 0 atom stereocenters. The molecule has 2 aromatic rings. The second kappa shape index (κ2) is 4.73. The molecule has 0 saturated heterocycles. The molecule has 0 aliphatic rings. The fourth-order valence-corrected chi connectivity index (χ4v) is 2.41. The highest BCUT2D eigenvalue weighted by Gasteiger charge is 2.13. The van der Waals surface area contributed by atoms with E-state index in [2.05, 4.69) is 0 Å². The Morgan fingerprint density at radius 3 is 2.53 bits per heavy atom. The minimum atomic E-state index is 0.0257.